The van der Waals surface area contributed by atoms with Gasteiger partial charge < -0.3 is 15.7 Å². The Morgan fingerprint density at radius 3 is 2.64 bits per heavy atom. The van der Waals surface area contributed by atoms with Gasteiger partial charge in [0.15, 0.2) is 0 Å². The van der Waals surface area contributed by atoms with Gasteiger partial charge >= 0.3 is 6.03 Å². The van der Waals surface area contributed by atoms with Gasteiger partial charge in [0.2, 0.25) is 0 Å². The van der Waals surface area contributed by atoms with E-state index in [1.165, 1.54) is 0 Å². The topological polar surface area (TPSA) is 92.1 Å². The van der Waals surface area contributed by atoms with Crippen LogP contribution in [0.3, 0.4) is 0 Å². The summed E-state index contributed by atoms with van der Waals surface area (Å²) < 4.78 is 1.71. The number of amides is 2. The fraction of sp³-hybridized carbons (Fsp3) is 0.500. The molecule has 0 radical (unpaired) electrons. The Balaban J connectivity index is 1.68. The lowest BCUT2D eigenvalue weighted by molar-refractivity contribution is 0.00755. The number of aliphatic hydroxyl groups is 1. The van der Waals surface area contributed by atoms with Crippen molar-refractivity contribution in [2.45, 2.75) is 51.6 Å². The summed E-state index contributed by atoms with van der Waals surface area (Å²) in [7, 11) is 0. The molecule has 1 saturated carbocycles. The molecular weight excluding hydrogens is 318 g/mol. The van der Waals surface area contributed by atoms with E-state index in [1.54, 1.807) is 4.68 Å². The van der Waals surface area contributed by atoms with E-state index in [0.717, 1.165) is 43.6 Å². The second-order valence-corrected chi connectivity index (χ2v) is 6.73. The monoisotopic (exact) mass is 343 g/mol. The first kappa shape index (κ1) is 17.4. The molecule has 1 heterocycles. The van der Waals surface area contributed by atoms with Crippen LogP contribution in [0.25, 0.3) is 5.69 Å². The number of hydrogen-bond donors (Lipinski definition) is 3. The number of hydrogen-bond acceptors (Lipinski definition) is 4. The molecule has 3 N–H and O–H groups in total. The number of urea groups is 1. The number of nitrogens with one attached hydrogen (secondary N) is 2. The van der Waals surface area contributed by atoms with E-state index in [9.17, 15) is 9.90 Å². The Kier molecular flexibility index (Phi) is 5.03. The van der Waals surface area contributed by atoms with Gasteiger partial charge in [0.05, 0.1) is 17.0 Å². The molecule has 1 fully saturated rings. The average molecular weight is 343 g/mol. The molecule has 7 heteroatoms. The maximum atomic E-state index is 12.3. The van der Waals surface area contributed by atoms with Crippen molar-refractivity contribution < 1.29 is 9.90 Å². The number of para-hydroxylation sites is 2. The number of benzene rings is 1. The second kappa shape index (κ2) is 7.23. The highest BCUT2D eigenvalue weighted by atomic mass is 16.3. The molecule has 0 saturated heterocycles. The van der Waals surface area contributed by atoms with E-state index in [2.05, 4.69) is 20.7 Å². The van der Waals surface area contributed by atoms with E-state index in [-0.39, 0.29) is 12.6 Å². The molecule has 25 heavy (non-hydrogen) atoms. The SMILES string of the molecule is Cc1nc(C)n(-c2ccccc2NC(=O)NCC2(O)CCCCC2)n1. The minimum absolute atomic E-state index is 0.266. The molecule has 2 aromatic rings. The molecule has 0 atom stereocenters. The first-order valence-electron chi connectivity index (χ1n) is 8.74. The quantitative estimate of drug-likeness (QED) is 0.796. The molecule has 3 rings (SSSR count). The zero-order valence-corrected chi connectivity index (χ0v) is 14.7. The molecular formula is C18H25N5O2. The van der Waals surface area contributed by atoms with Crippen LogP contribution in [0.5, 0.6) is 0 Å². The summed E-state index contributed by atoms with van der Waals surface area (Å²) in [5.41, 5.74) is 0.616. The van der Waals surface area contributed by atoms with Crippen molar-refractivity contribution in [2.75, 3.05) is 11.9 Å². The van der Waals surface area contributed by atoms with Crippen molar-refractivity contribution >= 4 is 11.7 Å². The van der Waals surface area contributed by atoms with Gasteiger partial charge in [-0.05, 0) is 38.8 Å². The van der Waals surface area contributed by atoms with Crippen LogP contribution < -0.4 is 10.6 Å². The van der Waals surface area contributed by atoms with Crippen molar-refractivity contribution in [3.63, 3.8) is 0 Å². The molecule has 1 aliphatic rings. The van der Waals surface area contributed by atoms with Gasteiger partial charge in [-0.1, -0.05) is 31.4 Å². The van der Waals surface area contributed by atoms with Gasteiger partial charge in [0, 0.05) is 6.54 Å². The van der Waals surface area contributed by atoms with Gasteiger partial charge in [-0.2, -0.15) is 5.10 Å². The van der Waals surface area contributed by atoms with E-state index in [1.807, 2.05) is 38.1 Å². The molecule has 134 valence electrons. The average Bonchev–Trinajstić information content (AvgIpc) is 2.93. The maximum absolute atomic E-state index is 12.3. The third-order valence-corrected chi connectivity index (χ3v) is 4.62. The van der Waals surface area contributed by atoms with Crippen molar-refractivity contribution in [1.82, 2.24) is 20.1 Å². The molecule has 0 aliphatic heterocycles. The Labute approximate surface area is 147 Å². The molecule has 0 bridgehead atoms. The van der Waals surface area contributed by atoms with Crippen LogP contribution in [0.1, 0.15) is 43.8 Å². The third-order valence-electron chi connectivity index (χ3n) is 4.62. The molecule has 1 aromatic carbocycles. The molecule has 0 unspecified atom stereocenters. The number of anilines is 1. The van der Waals surface area contributed by atoms with Crippen LogP contribution in [0.2, 0.25) is 0 Å². The van der Waals surface area contributed by atoms with E-state index >= 15 is 0 Å². The van der Waals surface area contributed by atoms with Crippen LogP contribution >= 0.6 is 0 Å². The fourth-order valence-corrected chi connectivity index (χ4v) is 3.31. The number of aryl methyl sites for hydroxylation is 2. The number of rotatable bonds is 4. The Hall–Kier alpha value is -2.41. The normalized spacial score (nSPS) is 16.4. The zero-order chi connectivity index (χ0) is 17.9. The lowest BCUT2D eigenvalue weighted by Gasteiger charge is -2.32. The summed E-state index contributed by atoms with van der Waals surface area (Å²) in [6, 6.07) is 7.11. The summed E-state index contributed by atoms with van der Waals surface area (Å²) >= 11 is 0. The fourth-order valence-electron chi connectivity index (χ4n) is 3.31. The maximum Gasteiger partial charge on any atom is 0.319 e. The molecule has 2 amide bonds. The lowest BCUT2D eigenvalue weighted by atomic mass is 9.85. The van der Waals surface area contributed by atoms with E-state index < -0.39 is 5.60 Å². The Bertz CT molecular complexity index is 750. The van der Waals surface area contributed by atoms with Crippen LogP contribution in [-0.2, 0) is 0 Å². The summed E-state index contributed by atoms with van der Waals surface area (Å²) in [4.78, 5) is 16.6. The van der Waals surface area contributed by atoms with Gasteiger partial charge in [0.25, 0.3) is 0 Å². The number of aromatic nitrogens is 3. The molecule has 0 spiro atoms. The second-order valence-electron chi connectivity index (χ2n) is 6.73. The van der Waals surface area contributed by atoms with Crippen molar-refractivity contribution in [2.24, 2.45) is 0 Å². The van der Waals surface area contributed by atoms with E-state index in [0.29, 0.717) is 11.5 Å². The van der Waals surface area contributed by atoms with Crippen LogP contribution in [-0.4, -0.2) is 38.0 Å². The van der Waals surface area contributed by atoms with Crippen LogP contribution in [0.4, 0.5) is 10.5 Å². The lowest BCUT2D eigenvalue weighted by Crippen LogP contribution is -2.45. The standard InChI is InChI=1S/C18H25N5O2/c1-13-20-14(2)23(22-13)16-9-5-4-8-15(16)21-17(24)19-12-18(25)10-6-3-7-11-18/h4-5,8-9,25H,3,6-7,10-12H2,1-2H3,(H2,19,21,24). The van der Waals surface area contributed by atoms with Crippen molar-refractivity contribution in [3.05, 3.63) is 35.9 Å². The minimum Gasteiger partial charge on any atom is -0.388 e. The van der Waals surface area contributed by atoms with Gasteiger partial charge in [0.1, 0.15) is 11.6 Å². The number of nitrogens with zero attached hydrogens (tertiary/aromatic N) is 3. The first-order chi connectivity index (χ1) is 12.0. The Morgan fingerprint density at radius 1 is 1.24 bits per heavy atom. The molecule has 7 nitrogen and oxygen atoms in total. The third kappa shape index (κ3) is 4.17. The summed E-state index contributed by atoms with van der Waals surface area (Å²) in [5.74, 6) is 1.43. The van der Waals surface area contributed by atoms with E-state index in [4.69, 9.17) is 0 Å². The number of carbonyl (C=O) groups excluding carboxylic acids is 1. The molecule has 1 aliphatic carbocycles. The van der Waals surface area contributed by atoms with Crippen LogP contribution in [0, 0.1) is 13.8 Å². The highest BCUT2D eigenvalue weighted by Crippen LogP contribution is 2.27. The minimum atomic E-state index is -0.783. The van der Waals surface area contributed by atoms with Crippen molar-refractivity contribution in [3.8, 4) is 5.69 Å². The highest BCUT2D eigenvalue weighted by Gasteiger charge is 2.29. The van der Waals surface area contributed by atoms with Crippen molar-refractivity contribution in [1.29, 1.82) is 0 Å². The number of carbonyl (C=O) groups is 1. The van der Waals surface area contributed by atoms with Gasteiger partial charge in [-0.3, -0.25) is 0 Å². The van der Waals surface area contributed by atoms with Crippen LogP contribution in [0.15, 0.2) is 24.3 Å². The first-order valence-corrected chi connectivity index (χ1v) is 8.74. The van der Waals surface area contributed by atoms with Gasteiger partial charge in [-0.25, -0.2) is 14.5 Å². The smallest absolute Gasteiger partial charge is 0.319 e. The largest absolute Gasteiger partial charge is 0.388 e. The predicted octanol–water partition coefficient (Wildman–Crippen LogP) is 2.70. The highest BCUT2D eigenvalue weighted by molar-refractivity contribution is 5.91. The summed E-state index contributed by atoms with van der Waals surface area (Å²) in [6.45, 7) is 3.97. The predicted molar refractivity (Wildman–Crippen MR) is 95.9 cm³/mol. The zero-order valence-electron chi connectivity index (χ0n) is 14.7. The summed E-state index contributed by atoms with van der Waals surface area (Å²) in [6.07, 6.45) is 4.64. The Morgan fingerprint density at radius 2 is 1.96 bits per heavy atom. The molecule has 1 aromatic heterocycles. The summed E-state index contributed by atoms with van der Waals surface area (Å²) in [5, 5.41) is 20.5. The van der Waals surface area contributed by atoms with Gasteiger partial charge in [-0.15, -0.1) is 0 Å².